The van der Waals surface area contributed by atoms with Crippen LogP contribution >= 0.6 is 0 Å². The molecule has 0 radical (unpaired) electrons. The first-order chi connectivity index (χ1) is 9.13. The summed E-state index contributed by atoms with van der Waals surface area (Å²) in [5, 5.41) is 10.0. The van der Waals surface area contributed by atoms with E-state index >= 15 is 0 Å². The van der Waals surface area contributed by atoms with E-state index in [0.29, 0.717) is 0 Å². The Morgan fingerprint density at radius 3 is 2.63 bits per heavy atom. The van der Waals surface area contributed by atoms with Crippen LogP contribution in [0.2, 0.25) is 0 Å². The number of rotatable bonds is 5. The summed E-state index contributed by atoms with van der Waals surface area (Å²) < 4.78 is 28.8. The van der Waals surface area contributed by atoms with Crippen LogP contribution in [0, 0.1) is 11.6 Å². The largest absolute Gasteiger partial charge is 0.386 e. The summed E-state index contributed by atoms with van der Waals surface area (Å²) in [4.78, 5) is 4.16. The number of aliphatic hydroxyl groups is 1. The van der Waals surface area contributed by atoms with Crippen LogP contribution in [0.4, 0.5) is 8.78 Å². The quantitative estimate of drug-likeness (QED) is 0.903. The second-order valence-electron chi connectivity index (χ2n) is 4.40. The number of aliphatic hydroxyl groups excluding tert-OH is 1. The number of benzene rings is 1. The molecule has 1 aromatic heterocycles. The fraction of sp³-hybridized carbons (Fsp3) is 0.357. The first-order valence-electron chi connectivity index (χ1n) is 6.25. The Bertz CT molecular complexity index is 534. The molecule has 3 nitrogen and oxygen atoms in total. The molecule has 5 heteroatoms. The Balaban J connectivity index is 2.21. The third-order valence-corrected chi connectivity index (χ3v) is 2.98. The van der Waals surface area contributed by atoms with E-state index in [1.807, 2.05) is 6.92 Å². The summed E-state index contributed by atoms with van der Waals surface area (Å²) in [7, 11) is 0. The summed E-state index contributed by atoms with van der Waals surface area (Å²) in [6.07, 6.45) is 3.77. The Labute approximate surface area is 110 Å². The molecular weight excluding hydrogens is 250 g/mol. The average Bonchev–Trinajstić information content (AvgIpc) is 2.77. The molecule has 0 fully saturated rings. The van der Waals surface area contributed by atoms with Gasteiger partial charge in [0.25, 0.3) is 0 Å². The maximum absolute atomic E-state index is 13.6. The molecule has 19 heavy (non-hydrogen) atoms. The summed E-state index contributed by atoms with van der Waals surface area (Å²) in [5.41, 5.74) is -0.293. The highest BCUT2D eigenvalue weighted by molar-refractivity contribution is 5.22. The predicted molar refractivity (Wildman–Crippen MR) is 67.5 cm³/mol. The van der Waals surface area contributed by atoms with Crippen molar-refractivity contribution in [2.75, 3.05) is 0 Å². The number of nitrogens with zero attached hydrogens (tertiary/aromatic N) is 2. The highest BCUT2D eigenvalue weighted by Crippen LogP contribution is 2.22. The first-order valence-corrected chi connectivity index (χ1v) is 6.25. The molecule has 0 amide bonds. The number of hydrogen-bond donors (Lipinski definition) is 1. The first kappa shape index (κ1) is 13.7. The third-order valence-electron chi connectivity index (χ3n) is 2.98. The number of halogens is 2. The van der Waals surface area contributed by atoms with Gasteiger partial charge in [-0.3, -0.25) is 0 Å². The smallest absolute Gasteiger partial charge is 0.132 e. The van der Waals surface area contributed by atoms with Crippen LogP contribution in [0.15, 0.2) is 30.6 Å². The highest BCUT2D eigenvalue weighted by Gasteiger charge is 2.18. The molecule has 0 saturated heterocycles. The fourth-order valence-electron chi connectivity index (χ4n) is 2.06. The van der Waals surface area contributed by atoms with Gasteiger partial charge in [-0.25, -0.2) is 13.8 Å². The zero-order valence-electron chi connectivity index (χ0n) is 10.7. The van der Waals surface area contributed by atoms with Crippen molar-refractivity contribution >= 4 is 0 Å². The van der Waals surface area contributed by atoms with E-state index in [-0.39, 0.29) is 12.1 Å². The molecule has 0 saturated carbocycles. The van der Waals surface area contributed by atoms with Crippen molar-refractivity contribution < 1.29 is 13.9 Å². The van der Waals surface area contributed by atoms with Crippen LogP contribution in [-0.4, -0.2) is 14.7 Å². The topological polar surface area (TPSA) is 38.0 Å². The summed E-state index contributed by atoms with van der Waals surface area (Å²) in [5.74, 6) is -0.660. The van der Waals surface area contributed by atoms with Crippen molar-refractivity contribution in [2.45, 2.75) is 32.4 Å². The average molecular weight is 266 g/mol. The number of imidazole rings is 1. The van der Waals surface area contributed by atoms with E-state index < -0.39 is 17.7 Å². The summed E-state index contributed by atoms with van der Waals surface area (Å²) >= 11 is 0. The SMILES string of the molecule is CCCc1nccn1CC(O)c1c(F)cccc1F. The lowest BCUT2D eigenvalue weighted by atomic mass is 10.1. The van der Waals surface area contributed by atoms with Gasteiger partial charge in [-0.1, -0.05) is 13.0 Å². The molecular formula is C14H16F2N2O. The molecule has 1 N–H and O–H groups in total. The minimum Gasteiger partial charge on any atom is -0.386 e. The molecule has 0 spiro atoms. The van der Waals surface area contributed by atoms with E-state index in [1.54, 1.807) is 17.0 Å². The van der Waals surface area contributed by atoms with E-state index in [0.717, 1.165) is 30.8 Å². The lowest BCUT2D eigenvalue weighted by Gasteiger charge is -2.15. The van der Waals surface area contributed by atoms with E-state index in [9.17, 15) is 13.9 Å². The van der Waals surface area contributed by atoms with Crippen molar-refractivity contribution in [3.05, 3.63) is 53.6 Å². The second-order valence-corrected chi connectivity index (χ2v) is 4.40. The minimum absolute atomic E-state index is 0.0905. The van der Waals surface area contributed by atoms with Crippen molar-refractivity contribution in [1.82, 2.24) is 9.55 Å². The monoisotopic (exact) mass is 266 g/mol. The number of aryl methyl sites for hydroxylation is 1. The molecule has 2 rings (SSSR count). The van der Waals surface area contributed by atoms with Gasteiger partial charge in [-0.05, 0) is 18.6 Å². The zero-order chi connectivity index (χ0) is 13.8. The van der Waals surface area contributed by atoms with Gasteiger partial charge in [0.1, 0.15) is 23.6 Å². The minimum atomic E-state index is -1.23. The lowest BCUT2D eigenvalue weighted by molar-refractivity contribution is 0.146. The van der Waals surface area contributed by atoms with Gasteiger partial charge in [0.05, 0.1) is 12.1 Å². The van der Waals surface area contributed by atoms with Gasteiger partial charge in [0, 0.05) is 18.8 Å². The normalized spacial score (nSPS) is 12.6. The Hall–Kier alpha value is -1.75. The van der Waals surface area contributed by atoms with Crippen LogP contribution in [0.25, 0.3) is 0 Å². The van der Waals surface area contributed by atoms with Crippen LogP contribution in [0.1, 0.15) is 30.8 Å². The van der Waals surface area contributed by atoms with Gasteiger partial charge in [-0.15, -0.1) is 0 Å². The van der Waals surface area contributed by atoms with Gasteiger partial charge < -0.3 is 9.67 Å². The molecule has 1 heterocycles. The molecule has 0 aliphatic carbocycles. The van der Waals surface area contributed by atoms with E-state index in [1.165, 1.54) is 6.07 Å². The van der Waals surface area contributed by atoms with Crippen LogP contribution in [0.5, 0.6) is 0 Å². The Kier molecular flexibility index (Phi) is 4.27. The summed E-state index contributed by atoms with van der Waals surface area (Å²) in [6, 6.07) is 3.56. The number of hydrogen-bond acceptors (Lipinski definition) is 2. The zero-order valence-corrected chi connectivity index (χ0v) is 10.7. The number of aromatic nitrogens is 2. The van der Waals surface area contributed by atoms with Crippen LogP contribution in [0.3, 0.4) is 0 Å². The Morgan fingerprint density at radius 1 is 1.32 bits per heavy atom. The Morgan fingerprint density at radius 2 is 2.00 bits per heavy atom. The highest BCUT2D eigenvalue weighted by atomic mass is 19.1. The molecule has 1 aromatic carbocycles. The van der Waals surface area contributed by atoms with Crippen LogP contribution in [-0.2, 0) is 13.0 Å². The van der Waals surface area contributed by atoms with Crippen molar-refractivity contribution in [3.8, 4) is 0 Å². The molecule has 1 atom stereocenters. The lowest BCUT2D eigenvalue weighted by Crippen LogP contribution is -2.13. The van der Waals surface area contributed by atoms with Gasteiger partial charge in [0.15, 0.2) is 0 Å². The van der Waals surface area contributed by atoms with E-state index in [4.69, 9.17) is 0 Å². The standard InChI is InChI=1S/C14H16F2N2O/c1-2-4-13-17-7-8-18(13)9-12(19)14-10(15)5-3-6-11(14)16/h3,5-8,12,19H,2,4,9H2,1H3. The molecule has 0 bridgehead atoms. The molecule has 0 aliphatic rings. The molecule has 2 aromatic rings. The third kappa shape index (κ3) is 2.98. The van der Waals surface area contributed by atoms with Crippen molar-refractivity contribution in [1.29, 1.82) is 0 Å². The van der Waals surface area contributed by atoms with Crippen molar-refractivity contribution in [2.24, 2.45) is 0 Å². The van der Waals surface area contributed by atoms with E-state index in [2.05, 4.69) is 4.98 Å². The predicted octanol–water partition coefficient (Wildman–Crippen LogP) is 2.85. The maximum atomic E-state index is 13.6. The van der Waals surface area contributed by atoms with Gasteiger partial charge in [-0.2, -0.15) is 0 Å². The van der Waals surface area contributed by atoms with Crippen molar-refractivity contribution in [3.63, 3.8) is 0 Å². The maximum Gasteiger partial charge on any atom is 0.132 e. The fourth-order valence-corrected chi connectivity index (χ4v) is 2.06. The molecule has 1 unspecified atom stereocenters. The van der Waals surface area contributed by atoms with Crippen LogP contribution < -0.4 is 0 Å². The van der Waals surface area contributed by atoms with Gasteiger partial charge >= 0.3 is 0 Å². The summed E-state index contributed by atoms with van der Waals surface area (Å²) in [6.45, 7) is 2.11. The molecule has 102 valence electrons. The van der Waals surface area contributed by atoms with Gasteiger partial charge in [0.2, 0.25) is 0 Å². The second kappa shape index (κ2) is 5.93. The molecule has 0 aliphatic heterocycles.